The van der Waals surface area contributed by atoms with Gasteiger partial charge in [0.15, 0.2) is 5.82 Å². The molecule has 1 aromatic carbocycles. The van der Waals surface area contributed by atoms with Gasteiger partial charge in [0.2, 0.25) is 5.89 Å². The van der Waals surface area contributed by atoms with Gasteiger partial charge in [-0.05, 0) is 18.1 Å². The number of hydrogen-bond donors (Lipinski definition) is 2. The molecule has 2 heterocycles. The molecule has 6 nitrogen and oxygen atoms in total. The summed E-state index contributed by atoms with van der Waals surface area (Å²) in [5, 5.41) is 4.01. The second kappa shape index (κ2) is 5.88. The third-order valence-corrected chi connectivity index (χ3v) is 3.41. The summed E-state index contributed by atoms with van der Waals surface area (Å²) in [6.45, 7) is 2.07. The highest BCUT2D eigenvalue weighted by Crippen LogP contribution is 2.15. The van der Waals surface area contributed by atoms with E-state index < -0.39 is 0 Å². The van der Waals surface area contributed by atoms with Crippen LogP contribution in [0.25, 0.3) is 0 Å². The monoisotopic (exact) mass is 283 g/mol. The maximum Gasteiger partial charge on any atom is 0.243 e. The van der Waals surface area contributed by atoms with E-state index in [1.54, 1.807) is 12.5 Å². The number of nitrogens with one attached hydrogen (secondary N) is 1. The summed E-state index contributed by atoms with van der Waals surface area (Å²) in [5.74, 6) is 1.10. The molecule has 3 rings (SSSR count). The summed E-state index contributed by atoms with van der Waals surface area (Å²) in [6.07, 6.45) is 4.60. The van der Waals surface area contributed by atoms with E-state index in [2.05, 4.69) is 39.2 Å². The van der Waals surface area contributed by atoms with Crippen LogP contribution in [0.15, 0.2) is 41.3 Å². The van der Waals surface area contributed by atoms with Crippen molar-refractivity contribution in [3.05, 3.63) is 65.3 Å². The first-order chi connectivity index (χ1) is 10.2. The predicted molar refractivity (Wildman–Crippen MR) is 77.5 cm³/mol. The molecular weight excluding hydrogens is 266 g/mol. The van der Waals surface area contributed by atoms with Gasteiger partial charge in [-0.1, -0.05) is 29.4 Å². The van der Waals surface area contributed by atoms with Crippen LogP contribution in [0.5, 0.6) is 0 Å². The van der Waals surface area contributed by atoms with Gasteiger partial charge in [-0.25, -0.2) is 4.98 Å². The molecule has 0 bridgehead atoms. The number of imidazole rings is 1. The van der Waals surface area contributed by atoms with Gasteiger partial charge in [-0.15, -0.1) is 0 Å². The second-order valence-corrected chi connectivity index (χ2v) is 5.04. The molecule has 0 radical (unpaired) electrons. The molecule has 0 aliphatic rings. The molecule has 0 saturated heterocycles. The predicted octanol–water partition coefficient (Wildman–Crippen LogP) is 1.93. The maximum atomic E-state index is 6.08. The molecule has 6 heteroatoms. The first kappa shape index (κ1) is 13.5. The molecule has 1 unspecified atom stereocenters. The largest absolute Gasteiger partial charge is 0.348 e. The lowest BCUT2D eigenvalue weighted by Crippen LogP contribution is -2.14. The third-order valence-electron chi connectivity index (χ3n) is 3.41. The topological polar surface area (TPSA) is 93.6 Å². The van der Waals surface area contributed by atoms with Gasteiger partial charge < -0.3 is 15.2 Å². The number of aromatic nitrogens is 4. The number of aromatic amines is 1. The van der Waals surface area contributed by atoms with Crippen LogP contribution in [0, 0.1) is 6.92 Å². The van der Waals surface area contributed by atoms with E-state index >= 15 is 0 Å². The second-order valence-electron chi connectivity index (χ2n) is 5.04. The van der Waals surface area contributed by atoms with Crippen LogP contribution in [-0.2, 0) is 12.8 Å². The van der Waals surface area contributed by atoms with Crippen LogP contribution in [0.4, 0.5) is 0 Å². The van der Waals surface area contributed by atoms with E-state index in [0.29, 0.717) is 24.6 Å². The van der Waals surface area contributed by atoms with Crippen molar-refractivity contribution in [1.29, 1.82) is 0 Å². The number of H-pyrrole nitrogens is 1. The Hall–Kier alpha value is -2.47. The zero-order chi connectivity index (χ0) is 14.7. The lowest BCUT2D eigenvalue weighted by atomic mass is 10.1. The van der Waals surface area contributed by atoms with Gasteiger partial charge in [0.25, 0.3) is 0 Å². The number of benzene rings is 1. The molecule has 2 aromatic heterocycles. The van der Waals surface area contributed by atoms with E-state index in [1.165, 1.54) is 11.1 Å². The van der Waals surface area contributed by atoms with Crippen molar-refractivity contribution in [3.8, 4) is 0 Å². The first-order valence-corrected chi connectivity index (χ1v) is 6.82. The average molecular weight is 283 g/mol. The molecule has 3 N–H and O–H groups in total. The van der Waals surface area contributed by atoms with E-state index in [0.717, 1.165) is 5.69 Å². The SMILES string of the molecule is Cc1ccccc1Cc1noc(C(N)Cc2cnc[nH]2)n1. The molecule has 1 atom stereocenters. The molecule has 0 fully saturated rings. The fourth-order valence-electron chi connectivity index (χ4n) is 2.19. The smallest absolute Gasteiger partial charge is 0.243 e. The minimum Gasteiger partial charge on any atom is -0.348 e. The van der Waals surface area contributed by atoms with Gasteiger partial charge in [0.05, 0.1) is 12.4 Å². The standard InChI is InChI=1S/C15H17N5O/c1-10-4-2-3-5-11(10)6-14-19-15(21-20-14)13(16)7-12-8-17-9-18-12/h2-5,8-9,13H,6-7,16H2,1H3,(H,17,18). The van der Waals surface area contributed by atoms with Crippen LogP contribution in [0.2, 0.25) is 0 Å². The Bertz CT molecular complexity index is 704. The maximum absolute atomic E-state index is 6.08. The highest BCUT2D eigenvalue weighted by atomic mass is 16.5. The molecule has 0 aliphatic carbocycles. The van der Waals surface area contributed by atoms with Crippen LogP contribution >= 0.6 is 0 Å². The molecule has 0 spiro atoms. The summed E-state index contributed by atoms with van der Waals surface area (Å²) in [4.78, 5) is 11.4. The van der Waals surface area contributed by atoms with Crippen molar-refractivity contribution in [2.24, 2.45) is 5.73 Å². The Morgan fingerprint density at radius 1 is 1.33 bits per heavy atom. The number of hydrogen-bond acceptors (Lipinski definition) is 5. The number of aryl methyl sites for hydroxylation is 1. The Labute approximate surface area is 122 Å². The van der Waals surface area contributed by atoms with E-state index in [4.69, 9.17) is 10.3 Å². The van der Waals surface area contributed by atoms with Gasteiger partial charge >= 0.3 is 0 Å². The van der Waals surface area contributed by atoms with Gasteiger partial charge in [-0.3, -0.25) is 0 Å². The summed E-state index contributed by atoms with van der Waals surface area (Å²) >= 11 is 0. The molecular formula is C15H17N5O. The molecule has 21 heavy (non-hydrogen) atoms. The molecule has 0 saturated carbocycles. The lowest BCUT2D eigenvalue weighted by Gasteiger charge is -2.03. The van der Waals surface area contributed by atoms with E-state index in [-0.39, 0.29) is 6.04 Å². The van der Waals surface area contributed by atoms with Crippen LogP contribution in [-0.4, -0.2) is 20.1 Å². The highest BCUT2D eigenvalue weighted by Gasteiger charge is 2.16. The molecule has 108 valence electrons. The molecule has 3 aromatic rings. The number of rotatable bonds is 5. The Morgan fingerprint density at radius 2 is 2.19 bits per heavy atom. The van der Waals surface area contributed by atoms with Crippen molar-refractivity contribution in [3.63, 3.8) is 0 Å². The first-order valence-electron chi connectivity index (χ1n) is 6.82. The summed E-state index contributed by atoms with van der Waals surface area (Å²) in [5.41, 5.74) is 9.42. The Kier molecular flexibility index (Phi) is 3.79. The summed E-state index contributed by atoms with van der Waals surface area (Å²) in [6, 6.07) is 7.83. The quantitative estimate of drug-likeness (QED) is 0.746. The Balaban J connectivity index is 1.70. The van der Waals surface area contributed by atoms with Crippen molar-refractivity contribution < 1.29 is 4.52 Å². The van der Waals surface area contributed by atoms with Crippen LogP contribution < -0.4 is 5.73 Å². The molecule has 0 amide bonds. The fourth-order valence-corrected chi connectivity index (χ4v) is 2.19. The number of nitrogens with zero attached hydrogens (tertiary/aromatic N) is 3. The minimum absolute atomic E-state index is 0.330. The zero-order valence-corrected chi connectivity index (χ0v) is 11.8. The summed E-state index contributed by atoms with van der Waals surface area (Å²) in [7, 11) is 0. The fraction of sp³-hybridized carbons (Fsp3) is 0.267. The minimum atomic E-state index is -0.330. The van der Waals surface area contributed by atoms with Gasteiger partial charge in [0, 0.05) is 24.7 Å². The van der Waals surface area contributed by atoms with Crippen molar-refractivity contribution in [2.45, 2.75) is 25.8 Å². The number of nitrogens with two attached hydrogens (primary N) is 1. The van der Waals surface area contributed by atoms with Crippen molar-refractivity contribution in [2.75, 3.05) is 0 Å². The van der Waals surface area contributed by atoms with Crippen LogP contribution in [0.3, 0.4) is 0 Å². The Morgan fingerprint density at radius 3 is 2.95 bits per heavy atom. The van der Waals surface area contributed by atoms with Gasteiger partial charge in [-0.2, -0.15) is 4.98 Å². The third kappa shape index (κ3) is 3.17. The lowest BCUT2D eigenvalue weighted by molar-refractivity contribution is 0.350. The van der Waals surface area contributed by atoms with E-state index in [9.17, 15) is 0 Å². The summed E-state index contributed by atoms with van der Waals surface area (Å²) < 4.78 is 5.27. The van der Waals surface area contributed by atoms with Crippen LogP contribution in [0.1, 0.15) is 34.6 Å². The van der Waals surface area contributed by atoms with Crippen molar-refractivity contribution >= 4 is 0 Å². The van der Waals surface area contributed by atoms with Gasteiger partial charge in [0.1, 0.15) is 0 Å². The van der Waals surface area contributed by atoms with E-state index in [1.807, 2.05) is 12.1 Å². The average Bonchev–Trinajstić information content (AvgIpc) is 3.13. The normalized spacial score (nSPS) is 12.5. The zero-order valence-electron chi connectivity index (χ0n) is 11.8. The van der Waals surface area contributed by atoms with Crippen molar-refractivity contribution in [1.82, 2.24) is 20.1 Å². The molecule has 0 aliphatic heterocycles. The highest BCUT2D eigenvalue weighted by molar-refractivity contribution is 5.28.